The van der Waals surface area contributed by atoms with Gasteiger partial charge in [0.2, 0.25) is 0 Å². The molecule has 108 valence electrons. The molecular formula is C15H15N3O3. The Morgan fingerprint density at radius 3 is 2.14 bits per heavy atom. The molecule has 0 aliphatic rings. The van der Waals surface area contributed by atoms with E-state index in [4.69, 9.17) is 5.11 Å². The smallest absolute Gasteiger partial charge is 0.335 e. The molecule has 1 amide bonds. The first-order valence-corrected chi connectivity index (χ1v) is 6.25. The molecule has 6 heteroatoms. The molecular weight excluding hydrogens is 270 g/mol. The van der Waals surface area contributed by atoms with Gasteiger partial charge in [-0.05, 0) is 36.4 Å². The highest BCUT2D eigenvalue weighted by Crippen LogP contribution is 2.13. The number of rotatable bonds is 4. The van der Waals surface area contributed by atoms with Gasteiger partial charge in [-0.25, -0.2) is 9.78 Å². The zero-order valence-corrected chi connectivity index (χ0v) is 11.7. The number of amides is 1. The third-order valence-electron chi connectivity index (χ3n) is 2.86. The van der Waals surface area contributed by atoms with Gasteiger partial charge in [-0.2, -0.15) is 0 Å². The van der Waals surface area contributed by atoms with Crippen molar-refractivity contribution in [3.63, 3.8) is 0 Å². The Labute approximate surface area is 122 Å². The van der Waals surface area contributed by atoms with Crippen molar-refractivity contribution in [3.8, 4) is 0 Å². The molecule has 1 aromatic heterocycles. The number of nitrogens with zero attached hydrogens (tertiary/aromatic N) is 2. The van der Waals surface area contributed by atoms with E-state index in [2.05, 4.69) is 10.3 Å². The highest BCUT2D eigenvalue weighted by atomic mass is 16.4. The van der Waals surface area contributed by atoms with Gasteiger partial charge in [0, 0.05) is 26.0 Å². The lowest BCUT2D eigenvalue weighted by Gasteiger charge is -2.11. The predicted molar refractivity (Wildman–Crippen MR) is 79.9 cm³/mol. The fourth-order valence-electron chi connectivity index (χ4n) is 1.68. The summed E-state index contributed by atoms with van der Waals surface area (Å²) in [6.07, 6.45) is 1.50. The summed E-state index contributed by atoms with van der Waals surface area (Å²) in [5.41, 5.74) is 1.13. The fraction of sp³-hybridized carbons (Fsp3) is 0.133. The number of carboxylic acids is 1. The molecule has 0 aliphatic heterocycles. The van der Waals surface area contributed by atoms with Gasteiger partial charge in [-0.1, -0.05) is 0 Å². The summed E-state index contributed by atoms with van der Waals surface area (Å²) in [6.45, 7) is 0. The number of anilines is 2. The molecule has 2 N–H and O–H groups in total. The highest BCUT2D eigenvalue weighted by Gasteiger charge is 2.08. The summed E-state index contributed by atoms with van der Waals surface area (Å²) in [5.74, 6) is -0.537. The minimum atomic E-state index is -1.00. The highest BCUT2D eigenvalue weighted by molar-refractivity contribution is 6.04. The number of carbonyl (C=O) groups excluding carboxylic acids is 1. The Balaban J connectivity index is 2.08. The number of hydrogen-bond acceptors (Lipinski definition) is 4. The van der Waals surface area contributed by atoms with Crippen molar-refractivity contribution in [2.45, 2.75) is 0 Å². The summed E-state index contributed by atoms with van der Waals surface area (Å²) < 4.78 is 0. The minimum absolute atomic E-state index is 0.171. The molecule has 1 heterocycles. The molecule has 0 spiro atoms. The van der Waals surface area contributed by atoms with E-state index in [1.54, 1.807) is 24.3 Å². The second-order valence-electron chi connectivity index (χ2n) is 4.64. The third-order valence-corrected chi connectivity index (χ3v) is 2.86. The molecule has 0 fully saturated rings. The Hall–Kier alpha value is -2.89. The lowest BCUT2D eigenvalue weighted by molar-refractivity contribution is 0.0696. The SMILES string of the molecule is CN(C)c1ccc(C(=O)Nc2ccc(C(=O)O)cc2)cn1. The van der Waals surface area contributed by atoms with Crippen molar-refractivity contribution in [1.29, 1.82) is 0 Å². The van der Waals surface area contributed by atoms with E-state index < -0.39 is 5.97 Å². The molecule has 0 radical (unpaired) electrons. The van der Waals surface area contributed by atoms with Gasteiger partial charge in [0.05, 0.1) is 11.1 Å². The number of nitrogens with one attached hydrogen (secondary N) is 1. The first-order chi connectivity index (χ1) is 9.97. The molecule has 6 nitrogen and oxygen atoms in total. The number of aromatic carboxylic acids is 1. The zero-order chi connectivity index (χ0) is 15.4. The lowest BCUT2D eigenvalue weighted by atomic mass is 10.2. The van der Waals surface area contributed by atoms with Crippen LogP contribution in [0.15, 0.2) is 42.6 Å². The van der Waals surface area contributed by atoms with Crippen LogP contribution in [0.25, 0.3) is 0 Å². The van der Waals surface area contributed by atoms with Gasteiger partial charge >= 0.3 is 5.97 Å². The second kappa shape index (κ2) is 6.04. The van der Waals surface area contributed by atoms with Crippen molar-refractivity contribution >= 4 is 23.4 Å². The summed E-state index contributed by atoms with van der Waals surface area (Å²) in [6, 6.07) is 9.40. The van der Waals surface area contributed by atoms with Crippen molar-refractivity contribution in [2.24, 2.45) is 0 Å². The predicted octanol–water partition coefficient (Wildman–Crippen LogP) is 2.10. The van der Waals surface area contributed by atoms with Crippen molar-refractivity contribution in [1.82, 2.24) is 4.98 Å². The van der Waals surface area contributed by atoms with Crippen LogP contribution in [0.1, 0.15) is 20.7 Å². The first-order valence-electron chi connectivity index (χ1n) is 6.25. The Kier molecular flexibility index (Phi) is 4.18. The Morgan fingerprint density at radius 2 is 1.67 bits per heavy atom. The summed E-state index contributed by atoms with van der Waals surface area (Å²) in [4.78, 5) is 28.8. The van der Waals surface area contributed by atoms with Crippen LogP contribution in [-0.4, -0.2) is 36.1 Å². The Bertz CT molecular complexity index is 649. The maximum atomic E-state index is 12.0. The normalized spacial score (nSPS) is 10.0. The van der Waals surface area contributed by atoms with Crippen molar-refractivity contribution in [2.75, 3.05) is 24.3 Å². The maximum Gasteiger partial charge on any atom is 0.335 e. The van der Waals surface area contributed by atoms with E-state index in [1.165, 1.54) is 18.3 Å². The largest absolute Gasteiger partial charge is 0.478 e. The number of aromatic nitrogens is 1. The van der Waals surface area contributed by atoms with Gasteiger partial charge in [0.25, 0.3) is 5.91 Å². The molecule has 21 heavy (non-hydrogen) atoms. The molecule has 1 aromatic carbocycles. The number of carbonyl (C=O) groups is 2. The number of carboxylic acid groups (broad SMARTS) is 1. The monoisotopic (exact) mass is 285 g/mol. The minimum Gasteiger partial charge on any atom is -0.478 e. The summed E-state index contributed by atoms with van der Waals surface area (Å²) >= 11 is 0. The third kappa shape index (κ3) is 3.56. The van der Waals surface area contributed by atoms with E-state index in [-0.39, 0.29) is 11.5 Å². The van der Waals surface area contributed by atoms with E-state index >= 15 is 0 Å². The maximum absolute atomic E-state index is 12.0. The molecule has 0 atom stereocenters. The standard InChI is InChI=1S/C15H15N3O3/c1-18(2)13-8-5-11(9-16-13)14(19)17-12-6-3-10(4-7-12)15(20)21/h3-9H,1-2H3,(H,17,19)(H,20,21). The fourth-order valence-corrected chi connectivity index (χ4v) is 1.68. The molecule has 0 bridgehead atoms. The average Bonchev–Trinajstić information content (AvgIpc) is 2.47. The van der Waals surface area contributed by atoms with Gasteiger partial charge in [-0.15, -0.1) is 0 Å². The van der Waals surface area contributed by atoms with Crippen molar-refractivity contribution in [3.05, 3.63) is 53.7 Å². The van der Waals surface area contributed by atoms with Gasteiger partial charge in [0.1, 0.15) is 5.82 Å². The summed E-state index contributed by atoms with van der Waals surface area (Å²) in [5, 5.41) is 11.5. The van der Waals surface area contributed by atoms with Crippen molar-refractivity contribution < 1.29 is 14.7 Å². The molecule has 0 aliphatic carbocycles. The van der Waals surface area contributed by atoms with Crippen LogP contribution in [0.5, 0.6) is 0 Å². The number of hydrogen-bond donors (Lipinski definition) is 2. The second-order valence-corrected chi connectivity index (χ2v) is 4.64. The van der Waals surface area contributed by atoms with Gasteiger partial charge in [-0.3, -0.25) is 4.79 Å². The first kappa shape index (κ1) is 14.5. The van der Waals surface area contributed by atoms with E-state index in [0.29, 0.717) is 11.3 Å². The average molecular weight is 285 g/mol. The molecule has 0 saturated heterocycles. The molecule has 0 saturated carbocycles. The van der Waals surface area contributed by atoms with E-state index in [0.717, 1.165) is 5.82 Å². The zero-order valence-electron chi connectivity index (χ0n) is 11.7. The number of benzene rings is 1. The van der Waals surface area contributed by atoms with Gasteiger partial charge in [0.15, 0.2) is 0 Å². The van der Waals surface area contributed by atoms with Crippen LogP contribution in [0.3, 0.4) is 0 Å². The van der Waals surface area contributed by atoms with Crippen LogP contribution < -0.4 is 10.2 Å². The number of pyridine rings is 1. The summed E-state index contributed by atoms with van der Waals surface area (Å²) in [7, 11) is 3.73. The van der Waals surface area contributed by atoms with Crippen LogP contribution in [0.4, 0.5) is 11.5 Å². The quantitative estimate of drug-likeness (QED) is 0.899. The van der Waals surface area contributed by atoms with Crippen LogP contribution >= 0.6 is 0 Å². The molecule has 0 unspecified atom stereocenters. The Morgan fingerprint density at radius 1 is 1.05 bits per heavy atom. The lowest BCUT2D eigenvalue weighted by Crippen LogP contribution is -2.14. The van der Waals surface area contributed by atoms with E-state index in [1.807, 2.05) is 19.0 Å². The van der Waals surface area contributed by atoms with Crippen LogP contribution in [0.2, 0.25) is 0 Å². The van der Waals surface area contributed by atoms with Crippen LogP contribution in [-0.2, 0) is 0 Å². The van der Waals surface area contributed by atoms with Gasteiger partial charge < -0.3 is 15.3 Å². The molecule has 2 aromatic rings. The van der Waals surface area contributed by atoms with E-state index in [9.17, 15) is 9.59 Å². The topological polar surface area (TPSA) is 82.5 Å². The molecule has 2 rings (SSSR count). The van der Waals surface area contributed by atoms with Crippen LogP contribution in [0, 0.1) is 0 Å².